The number of aliphatic hydroxyl groups excluding tert-OH is 1. The molecule has 1 aromatic rings. The fraction of sp³-hybridized carbons (Fsp3) is 0.769. The summed E-state index contributed by atoms with van der Waals surface area (Å²) in [5.41, 5.74) is 0. The predicted octanol–water partition coefficient (Wildman–Crippen LogP) is 0.909. The van der Waals surface area contributed by atoms with Crippen molar-refractivity contribution >= 4 is 11.9 Å². The van der Waals surface area contributed by atoms with Gasteiger partial charge in [-0.15, -0.1) is 0 Å². The number of ether oxygens (including phenoxy) is 1. The molecule has 7 nitrogen and oxygen atoms in total. The minimum absolute atomic E-state index is 0.313. The van der Waals surface area contributed by atoms with Gasteiger partial charge in [-0.1, -0.05) is 6.92 Å². The van der Waals surface area contributed by atoms with Gasteiger partial charge in [0.1, 0.15) is 0 Å². The molecule has 0 spiro atoms. The molecule has 2 unspecified atom stereocenters. The Bertz CT molecular complexity index is 419. The van der Waals surface area contributed by atoms with Crippen LogP contribution in [0, 0.1) is 5.92 Å². The minimum atomic E-state index is -0.348. The first-order chi connectivity index (χ1) is 9.63. The van der Waals surface area contributed by atoms with Gasteiger partial charge in [0.15, 0.2) is 0 Å². The number of hydrogen-bond acceptors (Lipinski definition) is 7. The van der Waals surface area contributed by atoms with Crippen molar-refractivity contribution in [2.45, 2.75) is 33.3 Å². The van der Waals surface area contributed by atoms with E-state index in [9.17, 15) is 5.11 Å². The minimum Gasteiger partial charge on any atom is -0.464 e. The molecule has 0 bridgehead atoms. The molecule has 112 valence electrons. The fourth-order valence-corrected chi connectivity index (χ4v) is 2.15. The molecule has 1 aromatic heterocycles. The van der Waals surface area contributed by atoms with Crippen LogP contribution in [0.15, 0.2) is 0 Å². The van der Waals surface area contributed by atoms with Crippen LogP contribution in [-0.2, 0) is 0 Å². The van der Waals surface area contributed by atoms with E-state index in [0.717, 1.165) is 19.5 Å². The lowest BCUT2D eigenvalue weighted by atomic mass is 9.96. The van der Waals surface area contributed by atoms with Crippen LogP contribution in [0.25, 0.3) is 0 Å². The van der Waals surface area contributed by atoms with Gasteiger partial charge in [0, 0.05) is 19.6 Å². The van der Waals surface area contributed by atoms with Crippen molar-refractivity contribution in [3.05, 3.63) is 0 Å². The van der Waals surface area contributed by atoms with Crippen LogP contribution >= 0.6 is 0 Å². The zero-order valence-electron chi connectivity index (χ0n) is 12.3. The SMILES string of the molecule is CCNc1nc(OCC)nc(N2CCC(C)C(O)C2)n1. The Morgan fingerprint density at radius 1 is 1.35 bits per heavy atom. The third-order valence-corrected chi connectivity index (χ3v) is 3.41. The molecule has 2 rings (SSSR count). The van der Waals surface area contributed by atoms with E-state index in [1.54, 1.807) is 0 Å². The Kier molecular flexibility index (Phi) is 4.94. The summed E-state index contributed by atoms with van der Waals surface area (Å²) in [5, 5.41) is 13.1. The average molecular weight is 281 g/mol. The van der Waals surface area contributed by atoms with E-state index < -0.39 is 0 Å². The number of β-amino-alcohol motifs (C(OH)–C–C–N with tert-alkyl or cyclic N) is 1. The highest BCUT2D eigenvalue weighted by Gasteiger charge is 2.26. The van der Waals surface area contributed by atoms with Gasteiger partial charge in [0.2, 0.25) is 11.9 Å². The zero-order chi connectivity index (χ0) is 14.5. The van der Waals surface area contributed by atoms with Crippen LogP contribution in [0.4, 0.5) is 11.9 Å². The normalized spacial score (nSPS) is 22.7. The maximum Gasteiger partial charge on any atom is 0.323 e. The van der Waals surface area contributed by atoms with Gasteiger partial charge in [-0.25, -0.2) is 0 Å². The first-order valence-electron chi connectivity index (χ1n) is 7.19. The van der Waals surface area contributed by atoms with Crippen molar-refractivity contribution in [2.24, 2.45) is 5.92 Å². The summed E-state index contributed by atoms with van der Waals surface area (Å²) < 4.78 is 5.38. The largest absolute Gasteiger partial charge is 0.464 e. The number of piperidine rings is 1. The maximum atomic E-state index is 10.00. The highest BCUT2D eigenvalue weighted by Crippen LogP contribution is 2.22. The van der Waals surface area contributed by atoms with Crippen LogP contribution in [0.1, 0.15) is 27.2 Å². The number of nitrogens with one attached hydrogen (secondary N) is 1. The second-order valence-corrected chi connectivity index (χ2v) is 4.98. The van der Waals surface area contributed by atoms with Crippen LogP contribution in [0.2, 0.25) is 0 Å². The first-order valence-corrected chi connectivity index (χ1v) is 7.19. The fourth-order valence-electron chi connectivity index (χ4n) is 2.15. The van der Waals surface area contributed by atoms with Gasteiger partial charge in [-0.05, 0) is 26.2 Å². The monoisotopic (exact) mass is 281 g/mol. The second kappa shape index (κ2) is 6.69. The van der Waals surface area contributed by atoms with E-state index in [2.05, 4.69) is 27.2 Å². The third kappa shape index (κ3) is 3.47. The standard InChI is InChI=1S/C13H23N5O2/c1-4-14-11-15-12(17-13(16-11)20-5-2)18-7-6-9(3)10(19)8-18/h9-10,19H,4-8H2,1-3H3,(H,14,15,16,17). The molecular formula is C13H23N5O2. The van der Waals surface area contributed by atoms with Crippen LogP contribution in [0.5, 0.6) is 6.01 Å². The lowest BCUT2D eigenvalue weighted by Gasteiger charge is -2.34. The molecule has 2 N–H and O–H groups in total. The van der Waals surface area contributed by atoms with E-state index in [4.69, 9.17) is 4.74 Å². The quantitative estimate of drug-likeness (QED) is 0.830. The van der Waals surface area contributed by atoms with Crippen LogP contribution in [0.3, 0.4) is 0 Å². The van der Waals surface area contributed by atoms with E-state index in [-0.39, 0.29) is 6.10 Å². The summed E-state index contributed by atoms with van der Waals surface area (Å²) in [6, 6.07) is 0.321. The van der Waals surface area contributed by atoms with Gasteiger partial charge in [-0.3, -0.25) is 0 Å². The van der Waals surface area contributed by atoms with Crippen molar-refractivity contribution in [1.82, 2.24) is 15.0 Å². The van der Waals surface area contributed by atoms with Crippen LogP contribution < -0.4 is 15.0 Å². The molecular weight excluding hydrogens is 258 g/mol. The van der Waals surface area contributed by atoms with E-state index in [1.165, 1.54) is 0 Å². The molecule has 0 saturated carbocycles. The Balaban J connectivity index is 2.20. The molecule has 0 amide bonds. The Morgan fingerprint density at radius 2 is 2.15 bits per heavy atom. The smallest absolute Gasteiger partial charge is 0.323 e. The molecule has 2 heterocycles. The molecule has 1 fully saturated rings. The Hall–Kier alpha value is -1.63. The van der Waals surface area contributed by atoms with E-state index >= 15 is 0 Å². The van der Waals surface area contributed by atoms with E-state index in [0.29, 0.717) is 37.0 Å². The molecule has 7 heteroatoms. The second-order valence-electron chi connectivity index (χ2n) is 4.98. The summed E-state index contributed by atoms with van der Waals surface area (Å²) in [7, 11) is 0. The highest BCUT2D eigenvalue weighted by molar-refractivity contribution is 5.39. The zero-order valence-corrected chi connectivity index (χ0v) is 12.3. The Morgan fingerprint density at radius 3 is 2.80 bits per heavy atom. The van der Waals surface area contributed by atoms with Gasteiger partial charge in [0.05, 0.1) is 12.7 Å². The summed E-state index contributed by atoms with van der Waals surface area (Å²) in [4.78, 5) is 14.9. The lowest BCUT2D eigenvalue weighted by molar-refractivity contribution is 0.102. The average Bonchev–Trinajstić information content (AvgIpc) is 2.42. The predicted molar refractivity (Wildman–Crippen MR) is 77.2 cm³/mol. The topological polar surface area (TPSA) is 83.4 Å². The molecule has 1 aliphatic heterocycles. The molecule has 0 radical (unpaired) electrons. The number of aliphatic hydroxyl groups is 1. The molecule has 0 aromatic carbocycles. The van der Waals surface area contributed by atoms with Crippen molar-refractivity contribution in [3.63, 3.8) is 0 Å². The summed E-state index contributed by atoms with van der Waals surface area (Å²) in [6.07, 6.45) is 0.575. The van der Waals surface area contributed by atoms with E-state index in [1.807, 2.05) is 18.7 Å². The van der Waals surface area contributed by atoms with Crippen molar-refractivity contribution in [3.8, 4) is 6.01 Å². The van der Waals surface area contributed by atoms with Crippen LogP contribution in [-0.4, -0.2) is 52.4 Å². The van der Waals surface area contributed by atoms with Gasteiger partial charge >= 0.3 is 6.01 Å². The summed E-state index contributed by atoms with van der Waals surface area (Å²) in [6.45, 7) is 8.55. The lowest BCUT2D eigenvalue weighted by Crippen LogP contribution is -2.43. The van der Waals surface area contributed by atoms with Gasteiger partial charge in [-0.2, -0.15) is 15.0 Å². The van der Waals surface area contributed by atoms with Gasteiger partial charge in [0.25, 0.3) is 0 Å². The molecule has 1 saturated heterocycles. The highest BCUT2D eigenvalue weighted by atomic mass is 16.5. The first kappa shape index (κ1) is 14.8. The van der Waals surface area contributed by atoms with Crippen molar-refractivity contribution in [2.75, 3.05) is 36.5 Å². The number of nitrogens with zero attached hydrogens (tertiary/aromatic N) is 4. The number of rotatable bonds is 5. The maximum absolute atomic E-state index is 10.00. The van der Waals surface area contributed by atoms with Crippen molar-refractivity contribution in [1.29, 1.82) is 0 Å². The Labute approximate surface area is 119 Å². The number of hydrogen-bond donors (Lipinski definition) is 2. The van der Waals surface area contributed by atoms with Gasteiger partial charge < -0.3 is 20.1 Å². The molecule has 2 atom stereocenters. The summed E-state index contributed by atoms with van der Waals surface area (Å²) in [5.74, 6) is 1.38. The molecule has 1 aliphatic rings. The van der Waals surface area contributed by atoms with Crippen molar-refractivity contribution < 1.29 is 9.84 Å². The third-order valence-electron chi connectivity index (χ3n) is 3.41. The number of anilines is 2. The molecule has 20 heavy (non-hydrogen) atoms. The number of aromatic nitrogens is 3. The molecule has 0 aliphatic carbocycles. The summed E-state index contributed by atoms with van der Waals surface area (Å²) >= 11 is 0.